The number of carbonyl (C=O) groups is 3. The Morgan fingerprint density at radius 1 is 1.31 bits per heavy atom. The molecule has 3 amide bonds. The molecule has 1 aliphatic rings. The van der Waals surface area contributed by atoms with Gasteiger partial charge < -0.3 is 9.80 Å². The van der Waals surface area contributed by atoms with E-state index in [1.54, 1.807) is 10.3 Å². The monoisotopic (exact) mass is 228 g/mol. The van der Waals surface area contributed by atoms with E-state index in [4.69, 9.17) is 5.84 Å². The maximum atomic E-state index is 11.6. The average Bonchev–Trinajstić information content (AvgIpc) is 2.80. The van der Waals surface area contributed by atoms with Crippen LogP contribution in [-0.4, -0.2) is 54.2 Å². The minimum atomic E-state index is -0.920. The van der Waals surface area contributed by atoms with E-state index in [0.717, 1.165) is 30.8 Å². The zero-order valence-corrected chi connectivity index (χ0v) is 9.23. The van der Waals surface area contributed by atoms with Gasteiger partial charge in [-0.15, -0.1) is 0 Å². The molecule has 16 heavy (non-hydrogen) atoms. The van der Waals surface area contributed by atoms with Gasteiger partial charge in [0.15, 0.2) is 0 Å². The Labute approximate surface area is 93.5 Å². The van der Waals surface area contributed by atoms with Crippen molar-refractivity contribution in [2.24, 2.45) is 5.84 Å². The Bertz CT molecular complexity index is 299. The van der Waals surface area contributed by atoms with Crippen molar-refractivity contribution in [1.29, 1.82) is 0 Å². The number of hydrazine groups is 1. The summed E-state index contributed by atoms with van der Waals surface area (Å²) in [4.78, 5) is 36.6. The number of amides is 3. The summed E-state index contributed by atoms with van der Waals surface area (Å²) in [5.41, 5.74) is 1.73. The van der Waals surface area contributed by atoms with E-state index in [2.05, 4.69) is 0 Å². The van der Waals surface area contributed by atoms with Crippen LogP contribution in [0.25, 0.3) is 0 Å². The van der Waals surface area contributed by atoms with Gasteiger partial charge in [-0.3, -0.25) is 19.8 Å². The molecule has 1 rings (SSSR count). The van der Waals surface area contributed by atoms with Crippen molar-refractivity contribution in [1.82, 2.24) is 15.2 Å². The molecule has 0 spiro atoms. The topological polar surface area (TPSA) is 95.7 Å². The van der Waals surface area contributed by atoms with Crippen LogP contribution in [0.1, 0.15) is 12.8 Å². The quantitative estimate of drug-likeness (QED) is 0.249. The highest BCUT2D eigenvalue weighted by atomic mass is 16.2. The number of nitrogens with one attached hydrogen (secondary N) is 1. The number of hydrogen-bond donors (Lipinski definition) is 2. The van der Waals surface area contributed by atoms with Gasteiger partial charge in [-0.2, -0.15) is 0 Å². The third kappa shape index (κ3) is 2.93. The van der Waals surface area contributed by atoms with E-state index < -0.39 is 11.8 Å². The van der Waals surface area contributed by atoms with Gasteiger partial charge in [0.1, 0.15) is 0 Å². The number of likely N-dealkylation sites (tertiary alicyclic amines) is 1. The van der Waals surface area contributed by atoms with Gasteiger partial charge in [0.05, 0.1) is 6.54 Å². The van der Waals surface area contributed by atoms with Crippen LogP contribution in [0.4, 0.5) is 0 Å². The fraction of sp³-hybridized carbons (Fsp3) is 0.667. The lowest BCUT2D eigenvalue weighted by molar-refractivity contribution is -0.147. The van der Waals surface area contributed by atoms with E-state index in [0.29, 0.717) is 0 Å². The zero-order valence-electron chi connectivity index (χ0n) is 9.23. The fourth-order valence-corrected chi connectivity index (χ4v) is 1.58. The second-order valence-electron chi connectivity index (χ2n) is 3.72. The Morgan fingerprint density at radius 3 is 2.38 bits per heavy atom. The van der Waals surface area contributed by atoms with E-state index >= 15 is 0 Å². The first-order chi connectivity index (χ1) is 7.56. The molecule has 0 radical (unpaired) electrons. The van der Waals surface area contributed by atoms with Gasteiger partial charge in [0.25, 0.3) is 0 Å². The molecule has 90 valence electrons. The molecule has 0 aromatic carbocycles. The first-order valence-electron chi connectivity index (χ1n) is 5.10. The molecule has 0 unspecified atom stereocenters. The van der Waals surface area contributed by atoms with Gasteiger partial charge in [0, 0.05) is 20.1 Å². The molecule has 3 N–H and O–H groups in total. The summed E-state index contributed by atoms with van der Waals surface area (Å²) in [6, 6.07) is 0. The summed E-state index contributed by atoms with van der Waals surface area (Å²) in [6.45, 7) is 1.36. The maximum absolute atomic E-state index is 11.6. The number of nitrogens with zero attached hydrogens (tertiary/aromatic N) is 2. The summed E-state index contributed by atoms with van der Waals surface area (Å²) in [5, 5.41) is 0. The van der Waals surface area contributed by atoms with Crippen LogP contribution >= 0.6 is 0 Å². The highest BCUT2D eigenvalue weighted by Crippen LogP contribution is 2.07. The minimum Gasteiger partial charge on any atom is -0.341 e. The molecule has 0 aromatic rings. The molecule has 0 bridgehead atoms. The Kier molecular flexibility index (Phi) is 4.24. The first-order valence-corrected chi connectivity index (χ1v) is 5.10. The van der Waals surface area contributed by atoms with Crippen molar-refractivity contribution in [3.8, 4) is 0 Å². The van der Waals surface area contributed by atoms with Gasteiger partial charge in [-0.05, 0) is 12.8 Å². The van der Waals surface area contributed by atoms with Crippen LogP contribution in [0.2, 0.25) is 0 Å². The number of rotatable bonds is 2. The fourth-order valence-electron chi connectivity index (χ4n) is 1.58. The van der Waals surface area contributed by atoms with Crippen molar-refractivity contribution in [2.45, 2.75) is 12.8 Å². The first kappa shape index (κ1) is 12.4. The molecular formula is C9H16N4O3. The zero-order chi connectivity index (χ0) is 12.1. The molecule has 1 aliphatic heterocycles. The minimum absolute atomic E-state index is 0.0910. The molecule has 7 nitrogen and oxygen atoms in total. The normalized spacial score (nSPS) is 14.8. The van der Waals surface area contributed by atoms with Crippen molar-refractivity contribution in [3.05, 3.63) is 0 Å². The van der Waals surface area contributed by atoms with Crippen LogP contribution in [0.5, 0.6) is 0 Å². The molecule has 0 aliphatic carbocycles. The second kappa shape index (κ2) is 5.45. The van der Waals surface area contributed by atoms with Crippen LogP contribution in [0, 0.1) is 0 Å². The second-order valence-corrected chi connectivity index (χ2v) is 3.72. The number of likely N-dealkylation sites (N-methyl/N-ethyl adjacent to an activating group) is 1. The lowest BCUT2D eigenvalue weighted by atomic mass is 10.4. The average molecular weight is 228 g/mol. The summed E-state index contributed by atoms with van der Waals surface area (Å²) < 4.78 is 0. The number of hydrogen-bond acceptors (Lipinski definition) is 4. The SMILES string of the molecule is CN(CC(=O)N1CCCC1)C(=O)C(=O)NN. The summed E-state index contributed by atoms with van der Waals surface area (Å²) >= 11 is 0. The molecule has 0 aromatic heterocycles. The predicted molar refractivity (Wildman–Crippen MR) is 55.8 cm³/mol. The van der Waals surface area contributed by atoms with Crippen molar-refractivity contribution < 1.29 is 14.4 Å². The Balaban J connectivity index is 2.43. The summed E-state index contributed by atoms with van der Waals surface area (Å²) in [6.07, 6.45) is 1.99. The van der Waals surface area contributed by atoms with Gasteiger partial charge in [-0.1, -0.05) is 0 Å². The molecule has 1 saturated heterocycles. The van der Waals surface area contributed by atoms with Crippen LogP contribution < -0.4 is 11.3 Å². The van der Waals surface area contributed by atoms with Gasteiger partial charge >= 0.3 is 11.8 Å². The predicted octanol–water partition coefficient (Wildman–Crippen LogP) is -1.94. The Morgan fingerprint density at radius 2 is 1.88 bits per heavy atom. The number of nitrogens with two attached hydrogens (primary N) is 1. The Hall–Kier alpha value is -1.63. The smallest absolute Gasteiger partial charge is 0.323 e. The van der Waals surface area contributed by atoms with Crippen molar-refractivity contribution in [2.75, 3.05) is 26.7 Å². The third-order valence-electron chi connectivity index (χ3n) is 2.50. The highest BCUT2D eigenvalue weighted by Gasteiger charge is 2.23. The van der Waals surface area contributed by atoms with Crippen molar-refractivity contribution in [3.63, 3.8) is 0 Å². The molecule has 1 fully saturated rings. The highest BCUT2D eigenvalue weighted by molar-refractivity contribution is 6.35. The van der Waals surface area contributed by atoms with E-state index in [1.165, 1.54) is 7.05 Å². The van der Waals surface area contributed by atoms with Crippen LogP contribution in [0.3, 0.4) is 0 Å². The van der Waals surface area contributed by atoms with Crippen LogP contribution in [0.15, 0.2) is 0 Å². The third-order valence-corrected chi connectivity index (χ3v) is 2.50. The lowest BCUT2D eigenvalue weighted by Crippen LogP contribution is -2.47. The maximum Gasteiger partial charge on any atom is 0.323 e. The molecule has 7 heteroatoms. The van der Waals surface area contributed by atoms with Gasteiger partial charge in [0.2, 0.25) is 5.91 Å². The van der Waals surface area contributed by atoms with E-state index in [-0.39, 0.29) is 12.5 Å². The largest absolute Gasteiger partial charge is 0.341 e. The van der Waals surface area contributed by atoms with Gasteiger partial charge in [-0.25, -0.2) is 5.84 Å². The standard InChI is InChI=1S/C9H16N4O3/c1-12(9(16)8(15)11-10)6-7(14)13-4-2-3-5-13/h2-6,10H2,1H3,(H,11,15). The summed E-state index contributed by atoms with van der Waals surface area (Å²) in [5.74, 6) is 2.95. The van der Waals surface area contributed by atoms with E-state index in [9.17, 15) is 14.4 Å². The molecule has 1 heterocycles. The molecule has 0 saturated carbocycles. The van der Waals surface area contributed by atoms with E-state index in [1.807, 2.05) is 0 Å². The van der Waals surface area contributed by atoms with Crippen molar-refractivity contribution >= 4 is 17.7 Å². The molecule has 0 atom stereocenters. The van der Waals surface area contributed by atoms with Crippen LogP contribution in [-0.2, 0) is 14.4 Å². The number of carbonyl (C=O) groups excluding carboxylic acids is 3. The summed E-state index contributed by atoms with van der Waals surface area (Å²) in [7, 11) is 1.39. The molecular weight excluding hydrogens is 212 g/mol. The lowest BCUT2D eigenvalue weighted by Gasteiger charge is -2.20.